The van der Waals surface area contributed by atoms with Gasteiger partial charge in [-0.3, -0.25) is 4.79 Å². The zero-order valence-electron chi connectivity index (χ0n) is 11.1. The SMILES string of the molecule is CN(Cc1ccccc1Br)c1cc(N)ccc1C(N)=O. The molecule has 0 spiro atoms. The normalized spacial score (nSPS) is 10.3. The summed E-state index contributed by atoms with van der Waals surface area (Å²) in [7, 11) is 1.90. The molecule has 1 amide bonds. The minimum atomic E-state index is -0.459. The quantitative estimate of drug-likeness (QED) is 0.845. The van der Waals surface area contributed by atoms with Crippen LogP contribution in [-0.4, -0.2) is 13.0 Å². The highest BCUT2D eigenvalue weighted by molar-refractivity contribution is 9.10. The molecule has 0 saturated carbocycles. The molecular formula is C15H16BrN3O. The summed E-state index contributed by atoms with van der Waals surface area (Å²) in [4.78, 5) is 13.5. The van der Waals surface area contributed by atoms with Gasteiger partial charge >= 0.3 is 0 Å². The van der Waals surface area contributed by atoms with E-state index in [0.29, 0.717) is 17.8 Å². The molecule has 4 nitrogen and oxygen atoms in total. The maximum Gasteiger partial charge on any atom is 0.250 e. The van der Waals surface area contributed by atoms with Crippen molar-refractivity contribution < 1.29 is 4.79 Å². The largest absolute Gasteiger partial charge is 0.399 e. The summed E-state index contributed by atoms with van der Waals surface area (Å²) in [5.41, 5.74) is 14.1. The van der Waals surface area contributed by atoms with Crippen LogP contribution in [0.25, 0.3) is 0 Å². The molecule has 2 aromatic rings. The Bertz CT molecular complexity index is 643. The van der Waals surface area contributed by atoms with Crippen molar-refractivity contribution in [1.82, 2.24) is 0 Å². The standard InChI is InChI=1S/C15H16BrN3O/c1-19(9-10-4-2-3-5-13(10)16)14-8-11(17)6-7-12(14)15(18)20/h2-8H,9,17H2,1H3,(H2,18,20). The monoisotopic (exact) mass is 333 g/mol. The molecular weight excluding hydrogens is 318 g/mol. The van der Waals surface area contributed by atoms with Gasteiger partial charge in [0.25, 0.3) is 5.91 Å². The maximum absolute atomic E-state index is 11.5. The Labute approximate surface area is 126 Å². The minimum absolute atomic E-state index is 0.459. The van der Waals surface area contributed by atoms with Gasteiger partial charge in [-0.25, -0.2) is 0 Å². The van der Waals surface area contributed by atoms with E-state index in [4.69, 9.17) is 11.5 Å². The molecule has 0 bridgehead atoms. The lowest BCUT2D eigenvalue weighted by Gasteiger charge is -2.22. The number of amides is 1. The smallest absolute Gasteiger partial charge is 0.250 e. The lowest BCUT2D eigenvalue weighted by atomic mass is 10.1. The number of anilines is 2. The van der Waals surface area contributed by atoms with Crippen molar-refractivity contribution >= 4 is 33.2 Å². The highest BCUT2D eigenvalue weighted by Crippen LogP contribution is 2.25. The van der Waals surface area contributed by atoms with Crippen LogP contribution in [0.15, 0.2) is 46.9 Å². The Morgan fingerprint density at radius 3 is 2.60 bits per heavy atom. The number of halogens is 1. The zero-order chi connectivity index (χ0) is 14.7. The molecule has 0 aliphatic carbocycles. The van der Waals surface area contributed by atoms with Gasteiger partial charge in [0, 0.05) is 23.8 Å². The van der Waals surface area contributed by atoms with E-state index in [1.807, 2.05) is 36.2 Å². The van der Waals surface area contributed by atoms with Crippen LogP contribution in [-0.2, 0) is 6.54 Å². The molecule has 4 N–H and O–H groups in total. The lowest BCUT2D eigenvalue weighted by Crippen LogP contribution is -2.22. The number of nitrogens with zero attached hydrogens (tertiary/aromatic N) is 1. The van der Waals surface area contributed by atoms with Gasteiger partial charge < -0.3 is 16.4 Å². The van der Waals surface area contributed by atoms with Crippen LogP contribution in [0, 0.1) is 0 Å². The molecule has 5 heteroatoms. The predicted octanol–water partition coefficient (Wildman–Crippen LogP) is 2.77. The highest BCUT2D eigenvalue weighted by Gasteiger charge is 2.13. The van der Waals surface area contributed by atoms with E-state index in [0.717, 1.165) is 15.7 Å². The highest BCUT2D eigenvalue weighted by atomic mass is 79.9. The lowest BCUT2D eigenvalue weighted by molar-refractivity contribution is 0.100. The van der Waals surface area contributed by atoms with Crippen LogP contribution in [0.3, 0.4) is 0 Å². The summed E-state index contributed by atoms with van der Waals surface area (Å²) in [5.74, 6) is -0.459. The first-order valence-corrected chi connectivity index (χ1v) is 6.92. The van der Waals surface area contributed by atoms with Gasteiger partial charge in [0.05, 0.1) is 11.3 Å². The van der Waals surface area contributed by atoms with Gasteiger partial charge in [0.15, 0.2) is 0 Å². The van der Waals surface area contributed by atoms with Gasteiger partial charge in [-0.1, -0.05) is 34.1 Å². The number of hydrogen-bond acceptors (Lipinski definition) is 3. The van der Waals surface area contributed by atoms with E-state index in [1.165, 1.54) is 0 Å². The average molecular weight is 334 g/mol. The van der Waals surface area contributed by atoms with Crippen LogP contribution < -0.4 is 16.4 Å². The van der Waals surface area contributed by atoms with E-state index < -0.39 is 5.91 Å². The number of benzene rings is 2. The third kappa shape index (κ3) is 3.11. The van der Waals surface area contributed by atoms with Crippen molar-refractivity contribution in [2.24, 2.45) is 5.73 Å². The van der Waals surface area contributed by atoms with Crippen LogP contribution in [0.4, 0.5) is 11.4 Å². The van der Waals surface area contributed by atoms with Crippen molar-refractivity contribution in [2.45, 2.75) is 6.54 Å². The molecule has 0 atom stereocenters. The van der Waals surface area contributed by atoms with Crippen molar-refractivity contribution in [3.63, 3.8) is 0 Å². The summed E-state index contributed by atoms with van der Waals surface area (Å²) >= 11 is 3.52. The number of hydrogen-bond donors (Lipinski definition) is 2. The van der Waals surface area contributed by atoms with E-state index in [2.05, 4.69) is 15.9 Å². The molecule has 0 saturated heterocycles. The second kappa shape index (κ2) is 5.96. The summed E-state index contributed by atoms with van der Waals surface area (Å²) in [6.45, 7) is 0.644. The molecule has 2 rings (SSSR count). The van der Waals surface area contributed by atoms with Crippen LogP contribution in [0.1, 0.15) is 15.9 Å². The Hall–Kier alpha value is -2.01. The van der Waals surface area contributed by atoms with E-state index in [-0.39, 0.29) is 0 Å². The predicted molar refractivity (Wildman–Crippen MR) is 85.6 cm³/mol. The molecule has 104 valence electrons. The van der Waals surface area contributed by atoms with Crippen LogP contribution >= 0.6 is 15.9 Å². The maximum atomic E-state index is 11.5. The molecule has 0 aliphatic heterocycles. The number of carbonyl (C=O) groups excluding carboxylic acids is 1. The Kier molecular flexibility index (Phi) is 4.29. The summed E-state index contributed by atoms with van der Waals surface area (Å²) in [6, 6.07) is 13.0. The molecule has 0 aromatic heterocycles. The van der Waals surface area contributed by atoms with E-state index in [9.17, 15) is 4.79 Å². The van der Waals surface area contributed by atoms with Gasteiger partial charge in [-0.05, 0) is 29.8 Å². The molecule has 0 radical (unpaired) electrons. The van der Waals surface area contributed by atoms with Crippen LogP contribution in [0.5, 0.6) is 0 Å². The van der Waals surface area contributed by atoms with Gasteiger partial charge in [0.2, 0.25) is 0 Å². The summed E-state index contributed by atoms with van der Waals surface area (Å²) < 4.78 is 1.02. The van der Waals surface area contributed by atoms with Crippen LogP contribution in [0.2, 0.25) is 0 Å². The Morgan fingerprint density at radius 1 is 1.25 bits per heavy atom. The van der Waals surface area contributed by atoms with Crippen molar-refractivity contribution in [3.8, 4) is 0 Å². The third-order valence-electron chi connectivity index (χ3n) is 3.06. The third-order valence-corrected chi connectivity index (χ3v) is 3.84. The van der Waals surface area contributed by atoms with Gasteiger partial charge in [-0.2, -0.15) is 0 Å². The Balaban J connectivity index is 2.34. The molecule has 0 heterocycles. The van der Waals surface area contributed by atoms with Crippen molar-refractivity contribution in [3.05, 3.63) is 58.1 Å². The van der Waals surface area contributed by atoms with E-state index in [1.54, 1.807) is 18.2 Å². The molecule has 2 aromatic carbocycles. The summed E-state index contributed by atoms with van der Waals surface area (Å²) in [6.07, 6.45) is 0. The number of rotatable bonds is 4. The molecule has 0 aliphatic rings. The number of nitrogens with two attached hydrogens (primary N) is 2. The zero-order valence-corrected chi connectivity index (χ0v) is 12.7. The topological polar surface area (TPSA) is 72.3 Å². The Morgan fingerprint density at radius 2 is 1.95 bits per heavy atom. The number of primary amides is 1. The fourth-order valence-corrected chi connectivity index (χ4v) is 2.45. The van der Waals surface area contributed by atoms with Gasteiger partial charge in [-0.15, -0.1) is 0 Å². The first kappa shape index (κ1) is 14.4. The fraction of sp³-hybridized carbons (Fsp3) is 0.133. The first-order valence-electron chi connectivity index (χ1n) is 6.13. The van der Waals surface area contributed by atoms with Crippen molar-refractivity contribution in [1.29, 1.82) is 0 Å². The average Bonchev–Trinajstić information content (AvgIpc) is 2.40. The van der Waals surface area contributed by atoms with E-state index >= 15 is 0 Å². The van der Waals surface area contributed by atoms with Gasteiger partial charge in [0.1, 0.15) is 0 Å². The molecule has 0 fully saturated rings. The minimum Gasteiger partial charge on any atom is -0.399 e. The number of carbonyl (C=O) groups is 1. The second-order valence-corrected chi connectivity index (χ2v) is 5.44. The molecule has 20 heavy (non-hydrogen) atoms. The fourth-order valence-electron chi connectivity index (χ4n) is 2.04. The van der Waals surface area contributed by atoms with Crippen molar-refractivity contribution in [2.75, 3.05) is 17.7 Å². The molecule has 0 unspecified atom stereocenters. The first-order chi connectivity index (χ1) is 9.49. The summed E-state index contributed by atoms with van der Waals surface area (Å²) in [5, 5.41) is 0. The second-order valence-electron chi connectivity index (χ2n) is 4.59. The number of nitrogen functional groups attached to an aromatic ring is 1.